The van der Waals surface area contributed by atoms with Crippen molar-refractivity contribution < 1.29 is 13.2 Å². The van der Waals surface area contributed by atoms with Gasteiger partial charge in [0.2, 0.25) is 0 Å². The van der Waals surface area contributed by atoms with Crippen LogP contribution in [-0.2, 0) is 21.3 Å². The number of methoxy groups -OCH3 is 1. The third-order valence-corrected chi connectivity index (χ3v) is 3.24. The highest BCUT2D eigenvalue weighted by Gasteiger charge is 2.21. The number of pyridine rings is 1. The van der Waals surface area contributed by atoms with Crippen molar-refractivity contribution in [3.05, 3.63) is 24.5 Å². The standard InChI is InChI=1S/C10H13N5O3S/c1-18-7-6-15-9(8-2-4-12-5-3-8)13-14-10(15)19(11,16)17/h2-5H,6-7H2,1H3,(H2,11,16,17). The number of hydrogen-bond acceptors (Lipinski definition) is 6. The van der Waals surface area contributed by atoms with Gasteiger partial charge in [-0.05, 0) is 12.1 Å². The molecule has 8 nitrogen and oxygen atoms in total. The van der Waals surface area contributed by atoms with Crippen LogP contribution in [0.15, 0.2) is 29.7 Å². The predicted molar refractivity (Wildman–Crippen MR) is 66.5 cm³/mol. The second kappa shape index (κ2) is 5.43. The predicted octanol–water partition coefficient (Wildman–Crippen LogP) is -0.366. The topological polar surface area (TPSA) is 113 Å². The monoisotopic (exact) mass is 283 g/mol. The van der Waals surface area contributed by atoms with E-state index in [-0.39, 0.29) is 11.7 Å². The molecule has 0 unspecified atom stereocenters. The molecule has 2 rings (SSSR count). The van der Waals surface area contributed by atoms with E-state index in [0.717, 1.165) is 0 Å². The van der Waals surface area contributed by atoms with Gasteiger partial charge in [0.15, 0.2) is 5.82 Å². The Hall–Kier alpha value is -1.84. The molecule has 102 valence electrons. The highest BCUT2D eigenvalue weighted by molar-refractivity contribution is 7.89. The zero-order valence-corrected chi connectivity index (χ0v) is 11.0. The van der Waals surface area contributed by atoms with Crippen LogP contribution in [0.3, 0.4) is 0 Å². The fourth-order valence-corrected chi connectivity index (χ4v) is 2.24. The smallest absolute Gasteiger partial charge is 0.273 e. The first kappa shape index (κ1) is 13.6. The lowest BCUT2D eigenvalue weighted by Crippen LogP contribution is -2.20. The maximum Gasteiger partial charge on any atom is 0.273 e. The molecule has 0 aromatic carbocycles. The second-order valence-corrected chi connectivity index (χ2v) is 5.19. The summed E-state index contributed by atoms with van der Waals surface area (Å²) in [4.78, 5) is 3.89. The van der Waals surface area contributed by atoms with Crippen LogP contribution in [0.5, 0.6) is 0 Å². The molecule has 2 heterocycles. The van der Waals surface area contributed by atoms with Crippen LogP contribution in [0.1, 0.15) is 0 Å². The minimum absolute atomic E-state index is 0.281. The Morgan fingerprint density at radius 2 is 2.00 bits per heavy atom. The first-order valence-corrected chi connectivity index (χ1v) is 6.94. The summed E-state index contributed by atoms with van der Waals surface area (Å²) in [6, 6.07) is 3.42. The Bertz CT molecular complexity index is 653. The molecule has 0 bridgehead atoms. The van der Waals surface area contributed by atoms with Crippen molar-refractivity contribution in [1.29, 1.82) is 0 Å². The van der Waals surface area contributed by atoms with Gasteiger partial charge in [-0.2, -0.15) is 0 Å². The summed E-state index contributed by atoms with van der Waals surface area (Å²) in [7, 11) is -2.41. The summed E-state index contributed by atoms with van der Waals surface area (Å²) in [6.45, 7) is 0.603. The van der Waals surface area contributed by atoms with E-state index in [9.17, 15) is 8.42 Å². The average Bonchev–Trinajstić information content (AvgIpc) is 2.81. The van der Waals surface area contributed by atoms with Crippen LogP contribution in [0, 0.1) is 0 Å². The van der Waals surface area contributed by atoms with E-state index in [1.54, 1.807) is 24.5 Å². The Morgan fingerprint density at radius 3 is 2.58 bits per heavy atom. The number of nitrogens with zero attached hydrogens (tertiary/aromatic N) is 4. The highest BCUT2D eigenvalue weighted by atomic mass is 32.2. The third kappa shape index (κ3) is 2.95. The highest BCUT2D eigenvalue weighted by Crippen LogP contribution is 2.18. The zero-order chi connectivity index (χ0) is 13.9. The lowest BCUT2D eigenvalue weighted by molar-refractivity contribution is 0.185. The molecule has 2 aromatic rings. The van der Waals surface area contributed by atoms with Crippen molar-refractivity contribution in [1.82, 2.24) is 19.7 Å². The van der Waals surface area contributed by atoms with E-state index in [0.29, 0.717) is 18.0 Å². The van der Waals surface area contributed by atoms with Crippen LogP contribution in [0.4, 0.5) is 0 Å². The molecule has 2 N–H and O–H groups in total. The molecule has 0 saturated heterocycles. The average molecular weight is 283 g/mol. The van der Waals surface area contributed by atoms with Gasteiger partial charge in [-0.15, -0.1) is 10.2 Å². The van der Waals surface area contributed by atoms with Crippen LogP contribution in [0.2, 0.25) is 0 Å². The quantitative estimate of drug-likeness (QED) is 0.801. The van der Waals surface area contributed by atoms with E-state index in [1.807, 2.05) is 0 Å². The van der Waals surface area contributed by atoms with Crippen molar-refractivity contribution in [3.8, 4) is 11.4 Å². The van der Waals surface area contributed by atoms with Gasteiger partial charge in [0.1, 0.15) is 0 Å². The van der Waals surface area contributed by atoms with E-state index in [4.69, 9.17) is 9.88 Å². The molecule has 2 aromatic heterocycles. The molecule has 19 heavy (non-hydrogen) atoms. The molecule has 0 fully saturated rings. The Morgan fingerprint density at radius 1 is 1.32 bits per heavy atom. The van der Waals surface area contributed by atoms with Gasteiger partial charge in [-0.3, -0.25) is 9.55 Å². The number of hydrogen-bond donors (Lipinski definition) is 1. The third-order valence-electron chi connectivity index (χ3n) is 2.43. The van der Waals surface area contributed by atoms with Crippen LogP contribution < -0.4 is 5.14 Å². The second-order valence-electron chi connectivity index (χ2n) is 3.73. The maximum atomic E-state index is 11.5. The lowest BCUT2D eigenvalue weighted by Gasteiger charge is -2.08. The number of ether oxygens (including phenoxy) is 1. The van der Waals surface area contributed by atoms with Gasteiger partial charge in [-0.25, -0.2) is 13.6 Å². The Kier molecular flexibility index (Phi) is 3.88. The van der Waals surface area contributed by atoms with Gasteiger partial charge < -0.3 is 4.74 Å². The Labute approximate surface area is 110 Å². The number of aromatic nitrogens is 4. The van der Waals surface area contributed by atoms with E-state index in [1.165, 1.54) is 11.7 Å². The van der Waals surface area contributed by atoms with Gasteiger partial charge in [-0.1, -0.05) is 0 Å². The van der Waals surface area contributed by atoms with Gasteiger partial charge in [0.05, 0.1) is 13.2 Å². The van der Waals surface area contributed by atoms with Crippen LogP contribution in [-0.4, -0.2) is 41.9 Å². The van der Waals surface area contributed by atoms with E-state index in [2.05, 4.69) is 15.2 Å². The summed E-state index contributed by atoms with van der Waals surface area (Å²) in [6.07, 6.45) is 3.17. The number of nitrogens with two attached hydrogens (primary N) is 1. The molecule has 9 heteroatoms. The van der Waals surface area contributed by atoms with Gasteiger partial charge in [0, 0.05) is 25.1 Å². The first-order valence-electron chi connectivity index (χ1n) is 5.39. The summed E-state index contributed by atoms with van der Waals surface area (Å²) >= 11 is 0. The van der Waals surface area contributed by atoms with Crippen molar-refractivity contribution in [2.24, 2.45) is 5.14 Å². The van der Waals surface area contributed by atoms with E-state index >= 15 is 0 Å². The van der Waals surface area contributed by atoms with Crippen LogP contribution >= 0.6 is 0 Å². The number of primary sulfonamides is 1. The van der Waals surface area contributed by atoms with Gasteiger partial charge in [0.25, 0.3) is 15.2 Å². The van der Waals surface area contributed by atoms with Gasteiger partial charge >= 0.3 is 0 Å². The first-order chi connectivity index (χ1) is 9.04. The summed E-state index contributed by atoms with van der Waals surface area (Å²) in [5.41, 5.74) is 0.702. The van der Waals surface area contributed by atoms with Crippen molar-refractivity contribution in [3.63, 3.8) is 0 Å². The molecular weight excluding hydrogens is 270 g/mol. The molecule has 0 aliphatic heterocycles. The number of sulfonamides is 1. The summed E-state index contributed by atoms with van der Waals surface area (Å²) in [5.74, 6) is 0.406. The SMILES string of the molecule is COCCn1c(-c2ccncc2)nnc1S(N)(=O)=O. The van der Waals surface area contributed by atoms with Crippen molar-refractivity contribution in [2.45, 2.75) is 11.7 Å². The fraction of sp³-hybridized carbons (Fsp3) is 0.300. The maximum absolute atomic E-state index is 11.5. The molecule has 0 atom stereocenters. The largest absolute Gasteiger partial charge is 0.383 e. The van der Waals surface area contributed by atoms with Crippen LogP contribution in [0.25, 0.3) is 11.4 Å². The zero-order valence-electron chi connectivity index (χ0n) is 10.2. The molecule has 0 saturated carbocycles. The fourth-order valence-electron chi connectivity index (χ4n) is 1.60. The van der Waals surface area contributed by atoms with E-state index < -0.39 is 10.0 Å². The summed E-state index contributed by atoms with van der Waals surface area (Å²) in [5, 5.41) is 12.4. The molecule has 0 aliphatic rings. The summed E-state index contributed by atoms with van der Waals surface area (Å²) < 4.78 is 29.3. The Balaban J connectivity index is 2.53. The van der Waals surface area contributed by atoms with Crippen molar-refractivity contribution >= 4 is 10.0 Å². The molecular formula is C10H13N5O3S. The lowest BCUT2D eigenvalue weighted by atomic mass is 10.2. The van der Waals surface area contributed by atoms with Crippen molar-refractivity contribution in [2.75, 3.05) is 13.7 Å². The molecule has 0 spiro atoms. The molecule has 0 amide bonds. The molecule has 0 aliphatic carbocycles. The normalized spacial score (nSPS) is 11.7. The molecule has 0 radical (unpaired) electrons. The number of rotatable bonds is 5. The minimum Gasteiger partial charge on any atom is -0.383 e. The minimum atomic E-state index is -3.93.